The number of likely N-dealkylation sites (N-methyl/N-ethyl adjacent to an activating group) is 1. The average molecular weight is 548 g/mol. The van der Waals surface area contributed by atoms with Crippen LogP contribution in [-0.2, 0) is 11.3 Å². The monoisotopic (exact) mass is 547 g/mol. The van der Waals surface area contributed by atoms with Gasteiger partial charge in [-0.2, -0.15) is 0 Å². The lowest BCUT2D eigenvalue weighted by atomic mass is 10.1. The zero-order valence-corrected chi connectivity index (χ0v) is 26.1. The van der Waals surface area contributed by atoms with Crippen molar-refractivity contribution in [2.75, 3.05) is 45.7 Å². The van der Waals surface area contributed by atoms with Gasteiger partial charge in [0.1, 0.15) is 0 Å². The summed E-state index contributed by atoms with van der Waals surface area (Å²) in [6.45, 7) is 16.0. The Balaban J connectivity index is 0.000000700. The number of aliphatic imine (C=N–C) groups is 1. The highest BCUT2D eigenvalue weighted by Gasteiger charge is 2.23. The molecule has 2 aromatic rings. The van der Waals surface area contributed by atoms with Crippen molar-refractivity contribution in [2.45, 2.75) is 74.5 Å². The van der Waals surface area contributed by atoms with Crippen molar-refractivity contribution in [2.24, 2.45) is 4.99 Å². The van der Waals surface area contributed by atoms with E-state index in [1.165, 1.54) is 40.9 Å². The van der Waals surface area contributed by atoms with E-state index >= 15 is 0 Å². The van der Waals surface area contributed by atoms with Gasteiger partial charge in [-0.05, 0) is 82.1 Å². The van der Waals surface area contributed by atoms with E-state index in [1.807, 2.05) is 52.1 Å². The molecule has 1 unspecified atom stereocenters. The fraction of sp³-hybridized carbons (Fsp3) is 0.472. The Bertz CT molecular complexity index is 1030. The van der Waals surface area contributed by atoms with Gasteiger partial charge >= 0.3 is 0 Å². The minimum absolute atomic E-state index is 0. The summed E-state index contributed by atoms with van der Waals surface area (Å²) in [7, 11) is 6.16. The lowest BCUT2D eigenvalue weighted by Crippen LogP contribution is -2.31. The third-order valence-corrected chi connectivity index (χ3v) is 6.81. The van der Waals surface area contributed by atoms with Crippen molar-refractivity contribution in [3.63, 3.8) is 0 Å². The average Bonchev–Trinajstić information content (AvgIpc) is 3.49. The molecule has 3 rings (SSSR count). The number of rotatable bonds is 10. The van der Waals surface area contributed by atoms with Gasteiger partial charge in [0.05, 0.1) is 13.2 Å². The second-order valence-corrected chi connectivity index (χ2v) is 9.65. The molecule has 1 atom stereocenters. The summed E-state index contributed by atoms with van der Waals surface area (Å²) in [5.74, 6) is 0. The van der Waals surface area contributed by atoms with Crippen LogP contribution >= 0.6 is 0 Å². The Morgan fingerprint density at radius 3 is 2.23 bits per heavy atom. The predicted octanol–water partition coefficient (Wildman–Crippen LogP) is 9.10. The number of ether oxygens (including phenoxy) is 1. The van der Waals surface area contributed by atoms with Crippen molar-refractivity contribution in [1.82, 2.24) is 4.90 Å². The Morgan fingerprint density at radius 1 is 1.05 bits per heavy atom. The largest absolute Gasteiger partial charge is 0.373 e. The number of anilines is 1. The summed E-state index contributed by atoms with van der Waals surface area (Å²) < 4.78 is 5.61. The highest BCUT2D eigenvalue weighted by atomic mass is 16.5. The Kier molecular flexibility index (Phi) is 20.2. The molecule has 0 amide bonds. The highest BCUT2D eigenvalue weighted by molar-refractivity contribution is 6.00. The van der Waals surface area contributed by atoms with E-state index in [4.69, 9.17) is 4.74 Å². The molecule has 2 aromatic carbocycles. The quantitative estimate of drug-likeness (QED) is 0.169. The summed E-state index contributed by atoms with van der Waals surface area (Å²) in [6, 6.07) is 19.9. The minimum atomic E-state index is 0. The summed E-state index contributed by atoms with van der Waals surface area (Å²) in [4.78, 5) is 9.03. The lowest BCUT2D eigenvalue weighted by Gasteiger charge is -2.22. The van der Waals surface area contributed by atoms with Gasteiger partial charge in [-0.15, -0.1) is 0 Å². The molecule has 1 aliphatic rings. The van der Waals surface area contributed by atoms with Gasteiger partial charge in [0.2, 0.25) is 0 Å². The van der Waals surface area contributed by atoms with Gasteiger partial charge in [-0.1, -0.05) is 95.0 Å². The molecule has 40 heavy (non-hydrogen) atoms. The maximum Gasteiger partial charge on any atom is 0.0721 e. The molecule has 1 saturated heterocycles. The first-order valence-electron chi connectivity index (χ1n) is 14.5. The molecule has 1 heterocycles. The third kappa shape index (κ3) is 13.4. The topological polar surface area (TPSA) is 28.1 Å². The molecule has 0 N–H and O–H groups in total. The number of hydrogen-bond donors (Lipinski definition) is 0. The smallest absolute Gasteiger partial charge is 0.0721 e. The van der Waals surface area contributed by atoms with Gasteiger partial charge in [-0.25, -0.2) is 0 Å². The van der Waals surface area contributed by atoms with Crippen LogP contribution < -0.4 is 4.90 Å². The summed E-state index contributed by atoms with van der Waals surface area (Å²) in [6.07, 6.45) is 10.7. The molecule has 0 aromatic heterocycles. The van der Waals surface area contributed by atoms with Crippen LogP contribution in [0, 0.1) is 0 Å². The number of nitrogens with zero attached hydrogens (tertiary/aromatic N) is 3. The van der Waals surface area contributed by atoms with Gasteiger partial charge < -0.3 is 14.5 Å². The van der Waals surface area contributed by atoms with Crippen LogP contribution in [0.5, 0.6) is 0 Å². The molecule has 1 aliphatic heterocycles. The fourth-order valence-corrected chi connectivity index (χ4v) is 4.18. The van der Waals surface area contributed by atoms with Gasteiger partial charge in [0.15, 0.2) is 0 Å². The van der Waals surface area contributed by atoms with Gasteiger partial charge in [0, 0.05) is 37.6 Å². The van der Waals surface area contributed by atoms with Crippen LogP contribution in [0.3, 0.4) is 0 Å². The van der Waals surface area contributed by atoms with Crippen molar-refractivity contribution < 1.29 is 4.74 Å². The molecule has 0 spiro atoms. The molecule has 0 bridgehead atoms. The van der Waals surface area contributed by atoms with Crippen LogP contribution in [0.4, 0.5) is 5.69 Å². The molecule has 0 saturated carbocycles. The first-order chi connectivity index (χ1) is 18.9. The number of hydrogen-bond acceptors (Lipinski definition) is 4. The zero-order chi connectivity index (χ0) is 29.0. The van der Waals surface area contributed by atoms with Crippen LogP contribution in [0.1, 0.15) is 72.9 Å². The Morgan fingerprint density at radius 2 is 1.70 bits per heavy atom. The third-order valence-electron chi connectivity index (χ3n) is 6.81. The molecular formula is C36H57N3O. The first-order valence-corrected chi connectivity index (χ1v) is 14.5. The molecule has 0 radical (unpaired) electrons. The molecule has 4 nitrogen and oxygen atoms in total. The van der Waals surface area contributed by atoms with Crippen LogP contribution in [-0.4, -0.2) is 57.5 Å². The van der Waals surface area contributed by atoms with Crippen LogP contribution in [0.2, 0.25) is 0 Å². The van der Waals surface area contributed by atoms with Crippen LogP contribution in [0.15, 0.2) is 89.5 Å². The molecule has 4 heteroatoms. The zero-order valence-electron chi connectivity index (χ0n) is 26.1. The Hall–Kier alpha value is -2.95. The maximum atomic E-state index is 5.61. The fourth-order valence-electron chi connectivity index (χ4n) is 4.18. The van der Waals surface area contributed by atoms with E-state index in [0.29, 0.717) is 19.3 Å². The minimum Gasteiger partial charge on any atom is -0.373 e. The normalized spacial score (nSPS) is 15.8. The van der Waals surface area contributed by atoms with Crippen molar-refractivity contribution in [3.8, 4) is 0 Å². The second-order valence-electron chi connectivity index (χ2n) is 9.65. The van der Waals surface area contributed by atoms with E-state index in [9.17, 15) is 0 Å². The summed E-state index contributed by atoms with van der Waals surface area (Å²) in [5.41, 5.74) is 7.45. The molecule has 222 valence electrons. The molecular weight excluding hydrogens is 490 g/mol. The van der Waals surface area contributed by atoms with E-state index in [-0.39, 0.29) is 7.43 Å². The van der Waals surface area contributed by atoms with Crippen molar-refractivity contribution in [1.29, 1.82) is 0 Å². The van der Waals surface area contributed by atoms with Gasteiger partial charge in [0.25, 0.3) is 0 Å². The van der Waals surface area contributed by atoms with E-state index in [1.54, 1.807) is 0 Å². The molecule has 1 fully saturated rings. The van der Waals surface area contributed by atoms with Gasteiger partial charge in [-0.3, -0.25) is 4.99 Å². The molecule has 0 aliphatic carbocycles. The first kappa shape index (κ1) is 37.0. The lowest BCUT2D eigenvalue weighted by molar-refractivity contribution is 0.148. The van der Waals surface area contributed by atoms with Crippen LogP contribution in [0.25, 0.3) is 5.57 Å². The summed E-state index contributed by atoms with van der Waals surface area (Å²) >= 11 is 0. The number of allylic oxidation sites excluding steroid dienone is 5. The number of benzene rings is 2. The standard InChI is InChI=1S/C17H23NO.C16H24N2.C2H6.CH4/c1-4-9-17(15(2)18-3)12-8-13-19-14-16-10-6-5-7-11-16;1-5-13(2)14-6-8-15(9-7-14)18-11-10-16(12-18)17(3)4;1-2;/h5-12H,4,13-14H2,1-3H3;5-9,16H,10-12H2,1-4H3;1-2H3;1H4/b12-8-,17-9+,18-15?;;;. The SMILES string of the molecule is C.CC.CC/C=C(\C=C/COCc1ccccc1)C(C)=NC.CC=C(C)c1ccc(N2CCC(N(C)C)C2)cc1. The van der Waals surface area contributed by atoms with E-state index in [0.717, 1.165) is 18.7 Å². The predicted molar refractivity (Wildman–Crippen MR) is 181 cm³/mol. The second kappa shape index (κ2) is 21.8. The Labute approximate surface area is 247 Å². The highest BCUT2D eigenvalue weighted by Crippen LogP contribution is 2.24. The van der Waals surface area contributed by atoms with E-state index < -0.39 is 0 Å². The maximum absolute atomic E-state index is 5.61. The van der Waals surface area contributed by atoms with Crippen molar-refractivity contribution in [3.05, 3.63) is 95.6 Å². The van der Waals surface area contributed by atoms with Crippen molar-refractivity contribution >= 4 is 17.0 Å². The van der Waals surface area contributed by atoms with E-state index in [2.05, 4.69) is 104 Å². The summed E-state index contributed by atoms with van der Waals surface area (Å²) in [5, 5.41) is 0.